The molecule has 0 radical (unpaired) electrons. The van der Waals surface area contributed by atoms with Gasteiger partial charge in [0.15, 0.2) is 0 Å². The van der Waals surface area contributed by atoms with Crippen molar-refractivity contribution < 1.29 is 17.9 Å². The highest BCUT2D eigenvalue weighted by molar-refractivity contribution is 7.90. The van der Waals surface area contributed by atoms with Gasteiger partial charge < -0.3 is 9.64 Å². The molecule has 1 unspecified atom stereocenters. The van der Waals surface area contributed by atoms with Crippen LogP contribution < -0.4 is 4.74 Å². The second-order valence-electron chi connectivity index (χ2n) is 7.86. The number of fused-ring (bicyclic) bond motifs is 1. The number of likely N-dealkylation sites (tertiary alicyclic amines) is 1. The average molecular weight is 425 g/mol. The Kier molecular flexibility index (Phi) is 5.47. The van der Waals surface area contributed by atoms with Crippen LogP contribution in [0.1, 0.15) is 16.8 Å². The molecule has 0 spiro atoms. The zero-order valence-corrected chi connectivity index (χ0v) is 17.9. The highest BCUT2D eigenvalue weighted by Gasteiger charge is 2.29. The molecule has 7 heteroatoms. The molecule has 0 N–H and O–H groups in total. The maximum atomic E-state index is 12.9. The van der Waals surface area contributed by atoms with Gasteiger partial charge in [0, 0.05) is 42.7 Å². The summed E-state index contributed by atoms with van der Waals surface area (Å²) < 4.78 is 28.2. The van der Waals surface area contributed by atoms with Gasteiger partial charge in [0.25, 0.3) is 5.91 Å². The lowest BCUT2D eigenvalue weighted by atomic mass is 10.0. The molecule has 1 amide bonds. The summed E-state index contributed by atoms with van der Waals surface area (Å²) in [7, 11) is -1.44. The summed E-state index contributed by atoms with van der Waals surface area (Å²) in [5.41, 5.74) is 2.66. The number of benzene rings is 2. The zero-order valence-electron chi connectivity index (χ0n) is 17.0. The van der Waals surface area contributed by atoms with Crippen molar-refractivity contribution in [2.24, 2.45) is 5.92 Å². The third kappa shape index (κ3) is 4.46. The second kappa shape index (κ2) is 8.07. The van der Waals surface area contributed by atoms with E-state index in [2.05, 4.69) is 11.1 Å². The zero-order chi connectivity index (χ0) is 21.3. The minimum atomic E-state index is -3.03. The van der Waals surface area contributed by atoms with Crippen molar-refractivity contribution in [2.75, 3.05) is 32.2 Å². The number of nitrogens with zero attached hydrogens (tertiary/aromatic N) is 2. The Bertz CT molecular complexity index is 1190. The van der Waals surface area contributed by atoms with Crippen LogP contribution in [-0.2, 0) is 9.84 Å². The number of pyridine rings is 1. The number of ether oxygens (including phenoxy) is 1. The van der Waals surface area contributed by atoms with Crippen molar-refractivity contribution in [3.05, 3.63) is 60.3 Å². The van der Waals surface area contributed by atoms with Gasteiger partial charge in [0.2, 0.25) is 5.88 Å². The molecule has 0 bridgehead atoms. The first-order valence-electron chi connectivity index (χ1n) is 9.83. The van der Waals surface area contributed by atoms with Crippen LogP contribution in [-0.4, -0.2) is 56.4 Å². The Hall–Kier alpha value is -2.93. The van der Waals surface area contributed by atoms with Crippen molar-refractivity contribution in [1.29, 1.82) is 0 Å². The fraction of sp³-hybridized carbons (Fsp3) is 0.304. The van der Waals surface area contributed by atoms with Crippen LogP contribution >= 0.6 is 0 Å². The molecule has 1 aliphatic heterocycles. The Morgan fingerprint density at radius 3 is 2.53 bits per heavy atom. The van der Waals surface area contributed by atoms with Crippen molar-refractivity contribution in [3.63, 3.8) is 0 Å². The largest absolute Gasteiger partial charge is 0.481 e. The second-order valence-corrected chi connectivity index (χ2v) is 10.0. The molecular weight excluding hydrogens is 400 g/mol. The van der Waals surface area contributed by atoms with Gasteiger partial charge in [-0.15, -0.1) is 0 Å². The van der Waals surface area contributed by atoms with E-state index in [0.717, 1.165) is 28.3 Å². The quantitative estimate of drug-likeness (QED) is 0.627. The molecular formula is C23H24N2O4S. The molecule has 30 heavy (non-hydrogen) atoms. The summed E-state index contributed by atoms with van der Waals surface area (Å²) in [6.45, 7) is 1.09. The van der Waals surface area contributed by atoms with Gasteiger partial charge >= 0.3 is 0 Å². The molecule has 3 aromatic rings. The average Bonchev–Trinajstić information content (AvgIpc) is 3.19. The van der Waals surface area contributed by atoms with Crippen LogP contribution in [0.4, 0.5) is 0 Å². The number of hydrogen-bond donors (Lipinski definition) is 0. The first kappa shape index (κ1) is 20.3. The van der Waals surface area contributed by atoms with Crippen LogP contribution in [0.15, 0.2) is 54.7 Å². The number of carbonyl (C=O) groups excluding carboxylic acids is 1. The molecule has 156 valence electrons. The molecule has 1 atom stereocenters. The van der Waals surface area contributed by atoms with Gasteiger partial charge in [-0.1, -0.05) is 18.2 Å². The first-order valence-corrected chi connectivity index (χ1v) is 11.9. The molecule has 4 rings (SSSR count). The molecule has 6 nitrogen and oxygen atoms in total. The van der Waals surface area contributed by atoms with E-state index in [1.807, 2.05) is 42.5 Å². The highest BCUT2D eigenvalue weighted by Crippen LogP contribution is 2.27. The summed E-state index contributed by atoms with van der Waals surface area (Å²) in [4.78, 5) is 18.9. The molecule has 2 aromatic carbocycles. The SMILES string of the molecule is COc1ccc(-c2ccc3cc(C(=O)N4CCC(CS(C)(=O)=O)C4)ccc3c2)cn1. The van der Waals surface area contributed by atoms with Crippen LogP contribution in [0, 0.1) is 5.92 Å². The van der Waals surface area contributed by atoms with E-state index in [4.69, 9.17) is 4.74 Å². The Balaban J connectivity index is 1.53. The Morgan fingerprint density at radius 2 is 1.83 bits per heavy atom. The van der Waals surface area contributed by atoms with Gasteiger partial charge in [0.1, 0.15) is 9.84 Å². The predicted molar refractivity (Wildman–Crippen MR) is 117 cm³/mol. The van der Waals surface area contributed by atoms with Crippen molar-refractivity contribution in [2.45, 2.75) is 6.42 Å². The third-order valence-electron chi connectivity index (χ3n) is 5.48. The highest BCUT2D eigenvalue weighted by atomic mass is 32.2. The van der Waals surface area contributed by atoms with Crippen LogP contribution in [0.25, 0.3) is 21.9 Å². The maximum absolute atomic E-state index is 12.9. The fourth-order valence-corrected chi connectivity index (χ4v) is 5.12. The van der Waals surface area contributed by atoms with Gasteiger partial charge in [-0.3, -0.25) is 4.79 Å². The summed E-state index contributed by atoms with van der Waals surface area (Å²) in [6, 6.07) is 15.6. The van der Waals surface area contributed by atoms with E-state index < -0.39 is 9.84 Å². The maximum Gasteiger partial charge on any atom is 0.253 e. The van der Waals surface area contributed by atoms with E-state index >= 15 is 0 Å². The molecule has 0 saturated carbocycles. The van der Waals surface area contributed by atoms with Crippen molar-refractivity contribution in [3.8, 4) is 17.0 Å². The molecule has 1 aromatic heterocycles. The fourth-order valence-electron chi connectivity index (χ4n) is 3.99. The van der Waals surface area contributed by atoms with Crippen LogP contribution in [0.3, 0.4) is 0 Å². The van der Waals surface area contributed by atoms with Crippen LogP contribution in [0.2, 0.25) is 0 Å². The smallest absolute Gasteiger partial charge is 0.253 e. The summed E-state index contributed by atoms with van der Waals surface area (Å²) in [5.74, 6) is 0.682. The number of hydrogen-bond acceptors (Lipinski definition) is 5. The molecule has 1 aliphatic rings. The normalized spacial score (nSPS) is 16.7. The summed E-state index contributed by atoms with van der Waals surface area (Å²) >= 11 is 0. The number of sulfone groups is 1. The lowest BCUT2D eigenvalue weighted by molar-refractivity contribution is 0.0788. The molecule has 0 aliphatic carbocycles. The van der Waals surface area contributed by atoms with Gasteiger partial charge in [-0.05, 0) is 52.9 Å². The predicted octanol–water partition coefficient (Wildman–Crippen LogP) is 3.42. The van der Waals surface area contributed by atoms with Gasteiger partial charge in [0.05, 0.1) is 12.9 Å². The first-order chi connectivity index (χ1) is 14.3. The lowest BCUT2D eigenvalue weighted by Crippen LogP contribution is -2.29. The molecule has 1 fully saturated rings. The van der Waals surface area contributed by atoms with Crippen molar-refractivity contribution in [1.82, 2.24) is 9.88 Å². The topological polar surface area (TPSA) is 76.6 Å². The summed E-state index contributed by atoms with van der Waals surface area (Å²) in [6.07, 6.45) is 3.75. The Labute approximate surface area is 176 Å². The monoisotopic (exact) mass is 424 g/mol. The number of amides is 1. The Morgan fingerprint density at radius 1 is 1.10 bits per heavy atom. The minimum Gasteiger partial charge on any atom is -0.481 e. The van der Waals surface area contributed by atoms with E-state index in [-0.39, 0.29) is 17.6 Å². The van der Waals surface area contributed by atoms with Gasteiger partial charge in [-0.25, -0.2) is 13.4 Å². The molecule has 2 heterocycles. The van der Waals surface area contributed by atoms with E-state index in [0.29, 0.717) is 24.5 Å². The molecule has 1 saturated heterocycles. The minimum absolute atomic E-state index is 0.0186. The standard InChI is InChI=1S/C23H24N2O4S/c1-29-22-8-7-21(13-24-22)19-4-3-18-12-20(6-5-17(18)11-19)23(26)25-10-9-16(14-25)15-30(2,27)28/h3-8,11-13,16H,9-10,14-15H2,1-2H3. The van der Waals surface area contributed by atoms with Crippen LogP contribution in [0.5, 0.6) is 5.88 Å². The van der Waals surface area contributed by atoms with E-state index in [9.17, 15) is 13.2 Å². The number of rotatable bonds is 5. The number of carbonyl (C=O) groups is 1. The summed E-state index contributed by atoms with van der Waals surface area (Å²) in [5, 5.41) is 2.02. The number of aromatic nitrogens is 1. The van der Waals surface area contributed by atoms with E-state index in [1.165, 1.54) is 6.26 Å². The van der Waals surface area contributed by atoms with E-state index in [1.54, 1.807) is 18.2 Å². The lowest BCUT2D eigenvalue weighted by Gasteiger charge is -2.17. The van der Waals surface area contributed by atoms with Gasteiger partial charge in [-0.2, -0.15) is 0 Å². The third-order valence-corrected chi connectivity index (χ3v) is 6.55. The number of methoxy groups -OCH3 is 1. The van der Waals surface area contributed by atoms with Crippen molar-refractivity contribution >= 4 is 26.5 Å².